The van der Waals surface area contributed by atoms with E-state index in [1.165, 1.54) is 37.4 Å². The summed E-state index contributed by atoms with van der Waals surface area (Å²) in [6.07, 6.45) is 0. The number of ether oxygens (including phenoxy) is 1. The summed E-state index contributed by atoms with van der Waals surface area (Å²) in [4.78, 5) is 34.2. The second-order valence-electron chi connectivity index (χ2n) is 4.44. The molecule has 7 nitrogen and oxygen atoms in total. The van der Waals surface area contributed by atoms with E-state index >= 15 is 0 Å². The van der Waals surface area contributed by atoms with Crippen LogP contribution in [0.25, 0.3) is 0 Å². The second kappa shape index (κ2) is 7.01. The largest absolute Gasteiger partial charge is 0.465 e. The first-order valence-corrected chi connectivity index (χ1v) is 7.15. The van der Waals surface area contributed by atoms with E-state index < -0.39 is 16.8 Å². The topological polar surface area (TPSA) is 98.5 Å². The fraction of sp³-hybridized carbons (Fsp3) is 0.0667. The van der Waals surface area contributed by atoms with E-state index in [4.69, 9.17) is 0 Å². The van der Waals surface area contributed by atoms with Crippen LogP contribution in [-0.4, -0.2) is 23.9 Å². The minimum absolute atomic E-state index is 0.109. The third-order valence-corrected chi connectivity index (χ3v) is 3.45. The van der Waals surface area contributed by atoms with Crippen LogP contribution in [0.1, 0.15) is 20.7 Å². The Morgan fingerprint density at radius 1 is 1.22 bits per heavy atom. The standard InChI is InChI=1S/C15H11BrN2O5/c1-23-15(20)12-8-10(16)5-6-13(12)17-14(19)9-3-2-4-11(7-9)18(21)22/h2-8H,1H3,(H,17,19). The summed E-state index contributed by atoms with van der Waals surface area (Å²) in [5, 5.41) is 13.3. The van der Waals surface area contributed by atoms with E-state index in [0.717, 1.165) is 6.07 Å². The molecule has 0 fully saturated rings. The number of anilines is 1. The normalized spacial score (nSPS) is 10.0. The molecule has 0 aliphatic rings. The Hall–Kier alpha value is -2.74. The molecule has 1 amide bonds. The summed E-state index contributed by atoms with van der Waals surface area (Å²) in [6.45, 7) is 0. The lowest BCUT2D eigenvalue weighted by molar-refractivity contribution is -0.384. The number of halogens is 1. The van der Waals surface area contributed by atoms with E-state index in [1.807, 2.05) is 0 Å². The Labute approximate surface area is 139 Å². The first kappa shape index (κ1) is 16.6. The number of esters is 1. The molecule has 0 aliphatic heterocycles. The summed E-state index contributed by atoms with van der Waals surface area (Å²) < 4.78 is 5.31. The third-order valence-electron chi connectivity index (χ3n) is 2.95. The van der Waals surface area contributed by atoms with Crippen LogP contribution in [0.4, 0.5) is 11.4 Å². The lowest BCUT2D eigenvalue weighted by Crippen LogP contribution is -2.15. The van der Waals surface area contributed by atoms with Gasteiger partial charge < -0.3 is 10.1 Å². The fourth-order valence-corrected chi connectivity index (χ4v) is 2.22. The van der Waals surface area contributed by atoms with Gasteiger partial charge in [-0.15, -0.1) is 0 Å². The van der Waals surface area contributed by atoms with Crippen molar-refractivity contribution in [3.05, 3.63) is 68.2 Å². The number of non-ortho nitro benzene ring substituents is 1. The van der Waals surface area contributed by atoms with Crippen LogP contribution in [0.3, 0.4) is 0 Å². The van der Waals surface area contributed by atoms with Crippen LogP contribution in [0.2, 0.25) is 0 Å². The molecule has 0 radical (unpaired) electrons. The number of methoxy groups -OCH3 is 1. The predicted molar refractivity (Wildman–Crippen MR) is 86.5 cm³/mol. The first-order chi connectivity index (χ1) is 10.9. The van der Waals surface area contributed by atoms with Gasteiger partial charge >= 0.3 is 5.97 Å². The number of rotatable bonds is 4. The maximum Gasteiger partial charge on any atom is 0.340 e. The van der Waals surface area contributed by atoms with Crippen molar-refractivity contribution in [3.63, 3.8) is 0 Å². The van der Waals surface area contributed by atoms with E-state index in [2.05, 4.69) is 26.0 Å². The van der Waals surface area contributed by atoms with Gasteiger partial charge in [0.15, 0.2) is 0 Å². The maximum absolute atomic E-state index is 12.2. The van der Waals surface area contributed by atoms with Crippen molar-refractivity contribution < 1.29 is 19.2 Å². The lowest BCUT2D eigenvalue weighted by atomic mass is 10.1. The molecule has 0 aromatic heterocycles. The average Bonchev–Trinajstić information content (AvgIpc) is 2.55. The molecule has 2 rings (SSSR count). The Bertz CT molecular complexity index is 791. The molecule has 2 aromatic carbocycles. The minimum Gasteiger partial charge on any atom is -0.465 e. The van der Waals surface area contributed by atoms with E-state index in [9.17, 15) is 19.7 Å². The Morgan fingerprint density at radius 3 is 2.61 bits per heavy atom. The number of nitro groups is 1. The summed E-state index contributed by atoms with van der Waals surface area (Å²) in [6, 6.07) is 9.99. The molecular weight excluding hydrogens is 368 g/mol. The van der Waals surface area contributed by atoms with Gasteiger partial charge in [-0.1, -0.05) is 22.0 Å². The lowest BCUT2D eigenvalue weighted by Gasteiger charge is -2.10. The van der Waals surface area contributed by atoms with Crippen molar-refractivity contribution in [1.29, 1.82) is 0 Å². The van der Waals surface area contributed by atoms with Gasteiger partial charge in [-0.2, -0.15) is 0 Å². The smallest absolute Gasteiger partial charge is 0.340 e. The van der Waals surface area contributed by atoms with Crippen LogP contribution >= 0.6 is 15.9 Å². The van der Waals surface area contributed by atoms with Crippen LogP contribution in [0.15, 0.2) is 46.9 Å². The first-order valence-electron chi connectivity index (χ1n) is 6.36. The summed E-state index contributed by atoms with van der Waals surface area (Å²) in [5.41, 5.74) is 0.330. The fourth-order valence-electron chi connectivity index (χ4n) is 1.86. The minimum atomic E-state index is -0.611. The van der Waals surface area contributed by atoms with Gasteiger partial charge in [0.2, 0.25) is 0 Å². The number of hydrogen-bond acceptors (Lipinski definition) is 5. The molecule has 0 spiro atoms. The van der Waals surface area contributed by atoms with E-state index in [0.29, 0.717) is 4.47 Å². The number of carbonyl (C=O) groups is 2. The molecule has 2 aromatic rings. The highest BCUT2D eigenvalue weighted by Crippen LogP contribution is 2.23. The molecule has 118 valence electrons. The van der Waals surface area contributed by atoms with Gasteiger partial charge in [-0.25, -0.2) is 4.79 Å². The van der Waals surface area contributed by atoms with Gasteiger partial charge in [0.1, 0.15) is 0 Å². The molecule has 0 saturated heterocycles. The zero-order valence-corrected chi connectivity index (χ0v) is 13.5. The zero-order chi connectivity index (χ0) is 17.0. The van der Waals surface area contributed by atoms with Gasteiger partial charge in [0.05, 0.1) is 23.3 Å². The summed E-state index contributed by atoms with van der Waals surface area (Å²) in [7, 11) is 1.23. The number of benzene rings is 2. The SMILES string of the molecule is COC(=O)c1cc(Br)ccc1NC(=O)c1cccc([N+](=O)[O-])c1. The third kappa shape index (κ3) is 3.92. The van der Waals surface area contributed by atoms with Crippen LogP contribution in [0, 0.1) is 10.1 Å². The van der Waals surface area contributed by atoms with Crippen molar-refractivity contribution in [3.8, 4) is 0 Å². The number of nitrogens with zero attached hydrogens (tertiary/aromatic N) is 1. The molecule has 0 heterocycles. The molecule has 23 heavy (non-hydrogen) atoms. The molecule has 0 saturated carbocycles. The monoisotopic (exact) mass is 378 g/mol. The van der Waals surface area contributed by atoms with Gasteiger partial charge in [-0.3, -0.25) is 14.9 Å². The number of nitro benzene ring substituents is 1. The molecule has 1 N–H and O–H groups in total. The number of hydrogen-bond donors (Lipinski definition) is 1. The van der Waals surface area contributed by atoms with Gasteiger partial charge in [-0.05, 0) is 24.3 Å². The van der Waals surface area contributed by atoms with Crippen molar-refractivity contribution in [1.82, 2.24) is 0 Å². The zero-order valence-electron chi connectivity index (χ0n) is 11.9. The Morgan fingerprint density at radius 2 is 1.96 bits per heavy atom. The molecule has 0 bridgehead atoms. The molecule has 8 heteroatoms. The molecule has 0 aliphatic carbocycles. The highest BCUT2D eigenvalue weighted by Gasteiger charge is 2.17. The molecule has 0 atom stereocenters. The number of carbonyl (C=O) groups excluding carboxylic acids is 2. The average molecular weight is 379 g/mol. The summed E-state index contributed by atoms with van der Waals surface area (Å²) >= 11 is 3.23. The van der Waals surface area contributed by atoms with E-state index in [-0.39, 0.29) is 22.5 Å². The Balaban J connectivity index is 2.32. The predicted octanol–water partition coefficient (Wildman–Crippen LogP) is 3.40. The quantitative estimate of drug-likeness (QED) is 0.499. The molecule has 0 unspecified atom stereocenters. The second-order valence-corrected chi connectivity index (χ2v) is 5.36. The highest BCUT2D eigenvalue weighted by molar-refractivity contribution is 9.10. The van der Waals surface area contributed by atoms with Crippen molar-refractivity contribution in [2.45, 2.75) is 0 Å². The van der Waals surface area contributed by atoms with Crippen LogP contribution in [-0.2, 0) is 4.74 Å². The van der Waals surface area contributed by atoms with Crippen LogP contribution in [0.5, 0.6) is 0 Å². The van der Waals surface area contributed by atoms with Crippen molar-refractivity contribution >= 4 is 39.2 Å². The van der Waals surface area contributed by atoms with Crippen molar-refractivity contribution in [2.75, 3.05) is 12.4 Å². The highest BCUT2D eigenvalue weighted by atomic mass is 79.9. The van der Waals surface area contributed by atoms with Crippen LogP contribution < -0.4 is 5.32 Å². The van der Waals surface area contributed by atoms with Gasteiger partial charge in [0.25, 0.3) is 11.6 Å². The van der Waals surface area contributed by atoms with Crippen molar-refractivity contribution in [2.24, 2.45) is 0 Å². The summed E-state index contributed by atoms with van der Waals surface area (Å²) in [5.74, 6) is -1.18. The maximum atomic E-state index is 12.2. The number of nitrogens with one attached hydrogen (secondary N) is 1. The number of amides is 1. The van der Waals surface area contributed by atoms with E-state index in [1.54, 1.807) is 6.07 Å². The molecular formula is C15H11BrN2O5. The van der Waals surface area contributed by atoms with Gasteiger partial charge in [0, 0.05) is 22.2 Å². The Kier molecular flexibility index (Phi) is 5.07.